The fraction of sp³-hybridized carbons (Fsp3) is 0.455. The molecule has 2 rings (SSSR count). The van der Waals surface area contributed by atoms with Gasteiger partial charge in [-0.25, -0.2) is 9.67 Å². The summed E-state index contributed by atoms with van der Waals surface area (Å²) in [6.45, 7) is 4.71. The minimum Gasteiger partial charge on any atom is -0.342 e. The maximum atomic E-state index is 11.9. The Morgan fingerprint density at radius 1 is 1.56 bits per heavy atom. The molecular weight excluding hydrogens is 232 g/mol. The zero-order chi connectivity index (χ0) is 13.0. The van der Waals surface area contributed by atoms with Crippen molar-refractivity contribution in [2.75, 3.05) is 0 Å². The molecule has 0 fully saturated rings. The monoisotopic (exact) mass is 248 g/mol. The first-order valence-electron chi connectivity index (χ1n) is 5.93. The van der Waals surface area contributed by atoms with Crippen molar-refractivity contribution in [3.8, 4) is 0 Å². The second-order valence-electron chi connectivity index (χ2n) is 3.86. The first kappa shape index (κ1) is 12.3. The van der Waals surface area contributed by atoms with Crippen LogP contribution in [0.1, 0.15) is 42.5 Å². The molecule has 2 heterocycles. The lowest BCUT2D eigenvalue weighted by Gasteiger charge is -2.16. The van der Waals surface area contributed by atoms with E-state index in [1.165, 1.54) is 12.5 Å². The smallest absolute Gasteiger partial charge is 0.255 e. The molecule has 0 aromatic carbocycles. The molecule has 2 aromatic heterocycles. The molecule has 0 bridgehead atoms. The van der Waals surface area contributed by atoms with Gasteiger partial charge in [0.25, 0.3) is 5.91 Å². The van der Waals surface area contributed by atoms with E-state index >= 15 is 0 Å². The zero-order valence-electron chi connectivity index (χ0n) is 10.4. The van der Waals surface area contributed by atoms with Gasteiger partial charge in [-0.1, -0.05) is 6.92 Å². The normalized spacial score (nSPS) is 12.3. The number of aryl methyl sites for hydroxylation is 1. The van der Waals surface area contributed by atoms with E-state index in [1.54, 1.807) is 10.9 Å². The highest BCUT2D eigenvalue weighted by Gasteiger charge is 2.19. The van der Waals surface area contributed by atoms with Crippen LogP contribution in [0.5, 0.6) is 0 Å². The molecule has 0 spiro atoms. The van der Waals surface area contributed by atoms with E-state index in [1.807, 2.05) is 13.8 Å². The number of carbonyl (C=O) groups excluding carboxylic acids is 1. The highest BCUT2D eigenvalue weighted by atomic mass is 16.1. The van der Waals surface area contributed by atoms with Crippen molar-refractivity contribution < 1.29 is 4.79 Å². The summed E-state index contributed by atoms with van der Waals surface area (Å²) in [7, 11) is 0. The molecule has 0 aliphatic rings. The number of aromatic amines is 1. The molecule has 0 unspecified atom stereocenters. The van der Waals surface area contributed by atoms with Gasteiger partial charge in [0.15, 0.2) is 0 Å². The number of rotatable bonds is 5. The maximum Gasteiger partial charge on any atom is 0.255 e. The summed E-state index contributed by atoms with van der Waals surface area (Å²) in [5.41, 5.74) is 0.510. The van der Waals surface area contributed by atoms with Crippen molar-refractivity contribution in [3.63, 3.8) is 0 Å². The van der Waals surface area contributed by atoms with E-state index in [4.69, 9.17) is 0 Å². The van der Waals surface area contributed by atoms with E-state index < -0.39 is 0 Å². The van der Waals surface area contributed by atoms with Crippen molar-refractivity contribution in [1.29, 1.82) is 0 Å². The molecule has 2 N–H and O–H groups in total. The fourth-order valence-electron chi connectivity index (χ4n) is 1.75. The Bertz CT molecular complexity index is 503. The number of amides is 1. The van der Waals surface area contributed by atoms with Gasteiger partial charge < -0.3 is 5.32 Å². The molecule has 1 atom stereocenters. The van der Waals surface area contributed by atoms with Crippen LogP contribution >= 0.6 is 0 Å². The van der Waals surface area contributed by atoms with Gasteiger partial charge in [-0.2, -0.15) is 10.2 Å². The fourth-order valence-corrected chi connectivity index (χ4v) is 1.75. The molecule has 0 saturated heterocycles. The summed E-state index contributed by atoms with van der Waals surface area (Å²) >= 11 is 0. The maximum absolute atomic E-state index is 11.9. The average Bonchev–Trinajstić information content (AvgIpc) is 3.05. The van der Waals surface area contributed by atoms with Crippen LogP contribution in [0.25, 0.3) is 0 Å². The number of H-pyrrole nitrogens is 1. The van der Waals surface area contributed by atoms with E-state index in [0.29, 0.717) is 5.56 Å². The SMILES string of the molecule is CC[C@@H](NC(=O)c1cn[nH]c1)c1ncnn1CC. The van der Waals surface area contributed by atoms with Crippen molar-refractivity contribution in [3.05, 3.63) is 30.1 Å². The standard InChI is InChI=1S/C11H16N6O/c1-3-9(10-12-7-15-17(10)4-2)16-11(18)8-5-13-14-6-8/h5-7,9H,3-4H2,1-2H3,(H,13,14)(H,16,18)/t9-/m1/s1. The number of nitrogens with zero attached hydrogens (tertiary/aromatic N) is 4. The summed E-state index contributed by atoms with van der Waals surface area (Å²) in [4.78, 5) is 16.1. The van der Waals surface area contributed by atoms with Gasteiger partial charge in [0.2, 0.25) is 0 Å². The highest BCUT2D eigenvalue weighted by molar-refractivity contribution is 5.93. The summed E-state index contributed by atoms with van der Waals surface area (Å²) in [6.07, 6.45) is 5.31. The minimum atomic E-state index is -0.166. The molecule has 0 aliphatic carbocycles. The molecular formula is C11H16N6O. The largest absolute Gasteiger partial charge is 0.342 e. The van der Waals surface area contributed by atoms with Crippen molar-refractivity contribution >= 4 is 5.91 Å². The Balaban J connectivity index is 2.13. The minimum absolute atomic E-state index is 0.144. The molecule has 7 heteroatoms. The third-order valence-corrected chi connectivity index (χ3v) is 2.73. The van der Waals surface area contributed by atoms with E-state index in [2.05, 4.69) is 25.6 Å². The molecule has 0 aliphatic heterocycles. The first-order chi connectivity index (χ1) is 8.76. The Labute approximate surface area is 105 Å². The van der Waals surface area contributed by atoms with E-state index in [9.17, 15) is 4.79 Å². The highest BCUT2D eigenvalue weighted by Crippen LogP contribution is 2.14. The van der Waals surface area contributed by atoms with Crippen LogP contribution in [0.2, 0.25) is 0 Å². The lowest BCUT2D eigenvalue weighted by atomic mass is 10.2. The van der Waals surface area contributed by atoms with Crippen LogP contribution in [0.4, 0.5) is 0 Å². The number of aromatic nitrogens is 5. The van der Waals surface area contributed by atoms with Gasteiger partial charge >= 0.3 is 0 Å². The van der Waals surface area contributed by atoms with Gasteiger partial charge in [-0.3, -0.25) is 9.89 Å². The predicted octanol–water partition coefficient (Wildman–Crippen LogP) is 0.902. The Morgan fingerprint density at radius 2 is 2.39 bits per heavy atom. The molecule has 0 radical (unpaired) electrons. The number of hydrogen-bond donors (Lipinski definition) is 2. The van der Waals surface area contributed by atoms with Crippen LogP contribution in [0.15, 0.2) is 18.7 Å². The van der Waals surface area contributed by atoms with Crippen LogP contribution in [-0.4, -0.2) is 30.9 Å². The Hall–Kier alpha value is -2.18. The number of carbonyl (C=O) groups is 1. The number of nitrogens with one attached hydrogen (secondary N) is 2. The second-order valence-corrected chi connectivity index (χ2v) is 3.86. The summed E-state index contributed by atoms with van der Waals surface area (Å²) in [5.74, 6) is 0.609. The van der Waals surface area contributed by atoms with Crippen molar-refractivity contribution in [2.24, 2.45) is 0 Å². The molecule has 0 saturated carbocycles. The topological polar surface area (TPSA) is 88.5 Å². The molecule has 1 amide bonds. The molecule has 2 aromatic rings. The van der Waals surface area contributed by atoms with Gasteiger partial charge in [0.1, 0.15) is 12.2 Å². The summed E-state index contributed by atoms with van der Waals surface area (Å²) < 4.78 is 1.78. The predicted molar refractivity (Wildman–Crippen MR) is 64.8 cm³/mol. The Morgan fingerprint density at radius 3 is 3.00 bits per heavy atom. The van der Waals surface area contributed by atoms with E-state index in [0.717, 1.165) is 18.8 Å². The number of hydrogen-bond acceptors (Lipinski definition) is 4. The Kier molecular flexibility index (Phi) is 3.71. The van der Waals surface area contributed by atoms with Gasteiger partial charge in [0, 0.05) is 12.7 Å². The van der Waals surface area contributed by atoms with Crippen LogP contribution in [0, 0.1) is 0 Å². The lowest BCUT2D eigenvalue weighted by molar-refractivity contribution is 0.0933. The van der Waals surface area contributed by atoms with E-state index in [-0.39, 0.29) is 11.9 Å². The third-order valence-electron chi connectivity index (χ3n) is 2.73. The van der Waals surface area contributed by atoms with Crippen molar-refractivity contribution in [2.45, 2.75) is 32.9 Å². The molecule has 7 nitrogen and oxygen atoms in total. The van der Waals surface area contributed by atoms with Gasteiger partial charge in [-0.15, -0.1) is 0 Å². The average molecular weight is 248 g/mol. The molecule has 96 valence electrons. The third kappa shape index (κ3) is 2.39. The van der Waals surface area contributed by atoms with Gasteiger partial charge in [-0.05, 0) is 13.3 Å². The van der Waals surface area contributed by atoms with Gasteiger partial charge in [0.05, 0.1) is 17.8 Å². The quantitative estimate of drug-likeness (QED) is 0.822. The summed E-state index contributed by atoms with van der Waals surface area (Å²) in [6, 6.07) is -0.144. The second kappa shape index (κ2) is 5.44. The summed E-state index contributed by atoms with van der Waals surface area (Å²) in [5, 5.41) is 13.4. The molecule has 18 heavy (non-hydrogen) atoms. The zero-order valence-corrected chi connectivity index (χ0v) is 10.4. The van der Waals surface area contributed by atoms with Crippen LogP contribution < -0.4 is 5.32 Å². The van der Waals surface area contributed by atoms with Crippen molar-refractivity contribution in [1.82, 2.24) is 30.3 Å². The first-order valence-corrected chi connectivity index (χ1v) is 5.93. The lowest BCUT2D eigenvalue weighted by Crippen LogP contribution is -2.30. The van der Waals surface area contributed by atoms with Crippen LogP contribution in [0.3, 0.4) is 0 Å². The van der Waals surface area contributed by atoms with Crippen LogP contribution in [-0.2, 0) is 6.54 Å².